The number of nitrogens with one attached hydrogen (secondary N) is 2. The van der Waals surface area contributed by atoms with E-state index in [1.165, 1.54) is 30.7 Å². The molecule has 15 heteroatoms. The van der Waals surface area contributed by atoms with Gasteiger partial charge in [-0.15, -0.1) is 0 Å². The summed E-state index contributed by atoms with van der Waals surface area (Å²) in [7, 11) is -4.59. The van der Waals surface area contributed by atoms with E-state index in [-0.39, 0.29) is 16.8 Å². The maximum Gasteiger partial charge on any atom is 0.349 e. The molecule has 0 atom stereocenters. The van der Waals surface area contributed by atoms with Gasteiger partial charge in [0.2, 0.25) is 5.82 Å². The van der Waals surface area contributed by atoms with Crippen LogP contribution in [0.3, 0.4) is 0 Å². The topological polar surface area (TPSA) is 128 Å². The van der Waals surface area contributed by atoms with Crippen LogP contribution in [-0.2, 0) is 11.2 Å². The molecule has 2 aromatic carbocycles. The van der Waals surface area contributed by atoms with Crippen molar-refractivity contribution in [2.75, 3.05) is 0 Å². The smallest absolute Gasteiger partial charge is 0.349 e. The van der Waals surface area contributed by atoms with Crippen molar-refractivity contribution in [3.8, 4) is 5.75 Å². The van der Waals surface area contributed by atoms with Crippen LogP contribution in [0.15, 0.2) is 51.1 Å². The van der Waals surface area contributed by atoms with Crippen LogP contribution >= 0.6 is 19.4 Å². The zero-order valence-corrected chi connectivity index (χ0v) is 19.3. The molecule has 4 N–H and O–H groups in total. The molecule has 2 aromatic heterocycles. The predicted molar refractivity (Wildman–Crippen MR) is 119 cm³/mol. The van der Waals surface area contributed by atoms with Crippen molar-refractivity contribution in [1.29, 1.82) is 0 Å². The number of hydrogen-bond donors (Lipinski definition) is 4. The lowest BCUT2D eigenvalue weighted by Gasteiger charge is -2.12. The second kappa shape index (κ2) is 9.90. The second-order valence-corrected chi connectivity index (χ2v) is 9.71. The van der Waals surface area contributed by atoms with Gasteiger partial charge in [-0.2, -0.15) is 0 Å². The molecule has 36 heavy (non-hydrogen) atoms. The third-order valence-electron chi connectivity index (χ3n) is 4.77. The molecule has 0 unspecified atom stereocenters. The van der Waals surface area contributed by atoms with Crippen molar-refractivity contribution < 1.29 is 41.0 Å². The van der Waals surface area contributed by atoms with Crippen LogP contribution in [-0.4, -0.2) is 24.7 Å². The summed E-state index contributed by atoms with van der Waals surface area (Å²) in [5.74, 6) is -10.1. The lowest BCUT2D eigenvalue weighted by Crippen LogP contribution is -2.09. The van der Waals surface area contributed by atoms with E-state index >= 15 is 0 Å². The van der Waals surface area contributed by atoms with E-state index in [4.69, 9.17) is 4.74 Å². The fraction of sp³-hybridized carbons (Fsp3) is 0.0476. The molecule has 0 amide bonds. The fourth-order valence-electron chi connectivity index (χ4n) is 3.07. The largest absolute Gasteiger partial charge is 0.489 e. The second-order valence-electron chi connectivity index (χ2n) is 7.15. The predicted octanol–water partition coefficient (Wildman–Crippen LogP) is 4.83. The van der Waals surface area contributed by atoms with Crippen molar-refractivity contribution >= 4 is 36.5 Å². The first kappa shape index (κ1) is 25.6. The highest BCUT2D eigenvalue weighted by Crippen LogP contribution is 2.40. The molecule has 4 rings (SSSR count). The van der Waals surface area contributed by atoms with Gasteiger partial charge in [-0.1, -0.05) is 11.8 Å². The van der Waals surface area contributed by atoms with Crippen LogP contribution < -0.4 is 10.3 Å². The first-order chi connectivity index (χ1) is 17.0. The monoisotopic (exact) mass is 545 g/mol. The van der Waals surface area contributed by atoms with E-state index < -0.39 is 54.4 Å². The van der Waals surface area contributed by atoms with Crippen LogP contribution in [0.25, 0.3) is 17.1 Å². The Labute approximate surface area is 202 Å². The Morgan fingerprint density at radius 1 is 1.00 bits per heavy atom. The van der Waals surface area contributed by atoms with Crippen LogP contribution in [0.1, 0.15) is 11.1 Å². The molecule has 0 aliphatic rings. The van der Waals surface area contributed by atoms with Crippen molar-refractivity contribution in [2.45, 2.75) is 16.4 Å². The molecule has 0 saturated carbocycles. The number of ether oxygens (including phenoxy) is 1. The first-order valence-electron chi connectivity index (χ1n) is 9.70. The van der Waals surface area contributed by atoms with Crippen LogP contribution in [0.2, 0.25) is 0 Å². The molecular formula is C21H13F5N3O5PS. The summed E-state index contributed by atoms with van der Waals surface area (Å²) in [6.45, 7) is -1.02. The normalized spacial score (nSPS) is 12.1. The number of aromatic amines is 2. The van der Waals surface area contributed by atoms with E-state index in [0.717, 1.165) is 17.8 Å². The molecule has 0 aliphatic heterocycles. The molecule has 0 aliphatic carbocycles. The van der Waals surface area contributed by atoms with Crippen molar-refractivity contribution in [3.63, 3.8) is 0 Å². The average Bonchev–Trinajstić information content (AvgIpc) is 3.25. The Morgan fingerprint density at radius 2 is 1.67 bits per heavy atom. The molecule has 0 bridgehead atoms. The van der Waals surface area contributed by atoms with Gasteiger partial charge in [0.1, 0.15) is 23.4 Å². The van der Waals surface area contributed by atoms with Gasteiger partial charge in [-0.05, 0) is 29.8 Å². The Bertz CT molecular complexity index is 1590. The van der Waals surface area contributed by atoms with E-state index in [2.05, 4.69) is 15.0 Å². The SMILES string of the molecule is O=c1[nH]cnc2c(Sc3ccc(OCc4c(F)c(F)c(F)c(F)c4F)cc3/C=C/P(=O)(O)O)c[nH]c12. The number of hydrogen-bond acceptors (Lipinski definition) is 5. The fourth-order valence-corrected chi connectivity index (χ4v) is 4.41. The van der Waals surface area contributed by atoms with Gasteiger partial charge >= 0.3 is 7.60 Å². The third kappa shape index (κ3) is 5.21. The molecule has 0 spiro atoms. The van der Waals surface area contributed by atoms with Gasteiger partial charge in [0.05, 0.1) is 16.8 Å². The Balaban J connectivity index is 1.68. The maximum absolute atomic E-state index is 13.9. The van der Waals surface area contributed by atoms with Gasteiger partial charge in [-0.3, -0.25) is 9.36 Å². The Morgan fingerprint density at radius 3 is 2.33 bits per heavy atom. The van der Waals surface area contributed by atoms with E-state index in [0.29, 0.717) is 21.1 Å². The highest BCUT2D eigenvalue weighted by Gasteiger charge is 2.26. The van der Waals surface area contributed by atoms with Gasteiger partial charge in [0.25, 0.3) is 5.56 Å². The van der Waals surface area contributed by atoms with E-state index in [1.807, 2.05) is 0 Å². The molecular weight excluding hydrogens is 532 g/mol. The summed E-state index contributed by atoms with van der Waals surface area (Å²) >= 11 is 1.08. The third-order valence-corrected chi connectivity index (χ3v) is 6.43. The zero-order chi connectivity index (χ0) is 26.2. The molecule has 0 fully saturated rings. The van der Waals surface area contributed by atoms with Gasteiger partial charge in [-0.25, -0.2) is 26.9 Å². The van der Waals surface area contributed by atoms with Crippen molar-refractivity contribution in [3.05, 3.63) is 87.1 Å². The molecule has 188 valence electrons. The standard InChI is InChI=1S/C21H13F5N3O5PS/c22-14-11(15(23)17(25)18(26)16(14)24)7-34-10-1-2-12(9(5-10)3-4-35(31,32)33)36-13-6-27-20-19(13)28-8-29-21(20)30/h1-6,8,27H,7H2,(H,28,29,30)(H2,31,32,33)/b4-3+. The summed E-state index contributed by atoms with van der Waals surface area (Å²) in [4.78, 5) is 40.5. The highest BCUT2D eigenvalue weighted by molar-refractivity contribution is 7.99. The molecule has 0 saturated heterocycles. The average molecular weight is 545 g/mol. The minimum absolute atomic E-state index is 0.0952. The van der Waals surface area contributed by atoms with Crippen molar-refractivity contribution in [1.82, 2.24) is 15.0 Å². The summed E-state index contributed by atoms with van der Waals surface area (Å²) in [6.07, 6.45) is 3.78. The zero-order valence-electron chi connectivity index (χ0n) is 17.6. The van der Waals surface area contributed by atoms with Gasteiger partial charge in [0.15, 0.2) is 23.3 Å². The number of benzene rings is 2. The number of fused-ring (bicyclic) bond motifs is 1. The molecule has 0 radical (unpaired) electrons. The van der Waals surface area contributed by atoms with Gasteiger partial charge in [0, 0.05) is 16.9 Å². The van der Waals surface area contributed by atoms with E-state index in [1.54, 1.807) is 0 Å². The number of aromatic nitrogens is 3. The Hall–Kier alpha value is -3.45. The summed E-state index contributed by atoms with van der Waals surface area (Å²) < 4.78 is 84.6. The summed E-state index contributed by atoms with van der Waals surface area (Å²) in [5, 5.41) is 0. The minimum atomic E-state index is -4.59. The number of H-pyrrole nitrogens is 2. The van der Waals surface area contributed by atoms with E-state index in [9.17, 15) is 41.1 Å². The first-order valence-corrected chi connectivity index (χ1v) is 12.2. The summed E-state index contributed by atoms with van der Waals surface area (Å²) in [5.41, 5.74) is -0.884. The molecule has 2 heterocycles. The quantitative estimate of drug-likeness (QED) is 0.113. The van der Waals surface area contributed by atoms with Crippen molar-refractivity contribution in [2.24, 2.45) is 0 Å². The van der Waals surface area contributed by atoms with Crippen LogP contribution in [0.4, 0.5) is 22.0 Å². The number of nitrogens with zero attached hydrogens (tertiary/aromatic N) is 1. The van der Waals surface area contributed by atoms with Gasteiger partial charge < -0.3 is 24.5 Å². The summed E-state index contributed by atoms with van der Waals surface area (Å²) in [6, 6.07) is 4.00. The maximum atomic E-state index is 13.9. The highest BCUT2D eigenvalue weighted by atomic mass is 32.2. The molecule has 8 nitrogen and oxygen atoms in total. The van der Waals surface area contributed by atoms with Crippen LogP contribution in [0, 0.1) is 29.1 Å². The lowest BCUT2D eigenvalue weighted by atomic mass is 10.1. The number of halogens is 5. The molecule has 4 aromatic rings. The van der Waals surface area contributed by atoms with Crippen LogP contribution in [0.5, 0.6) is 5.75 Å². The minimum Gasteiger partial charge on any atom is -0.489 e. The lowest BCUT2D eigenvalue weighted by molar-refractivity contribution is 0.279. The number of rotatable bonds is 7. The Kier molecular flexibility index (Phi) is 7.05.